The summed E-state index contributed by atoms with van der Waals surface area (Å²) < 4.78 is 5.26. The van der Waals surface area contributed by atoms with Gasteiger partial charge in [-0.15, -0.1) is 0 Å². The van der Waals surface area contributed by atoms with Crippen molar-refractivity contribution in [3.63, 3.8) is 0 Å². The summed E-state index contributed by atoms with van der Waals surface area (Å²) >= 11 is 0. The maximum Gasteiger partial charge on any atom is 0.234 e. The van der Waals surface area contributed by atoms with Crippen LogP contribution in [0.3, 0.4) is 0 Å². The molecule has 1 aliphatic rings. The van der Waals surface area contributed by atoms with Gasteiger partial charge in [0.1, 0.15) is 0 Å². The lowest BCUT2D eigenvalue weighted by atomic mass is 9.98. The highest BCUT2D eigenvalue weighted by Crippen LogP contribution is 2.16. The van der Waals surface area contributed by atoms with Crippen LogP contribution in [0.15, 0.2) is 0 Å². The summed E-state index contributed by atoms with van der Waals surface area (Å²) in [4.78, 5) is 13.3. The first-order chi connectivity index (χ1) is 7.11. The molecular weight excluding hydrogens is 194 g/mol. The molecule has 1 heterocycles. The van der Waals surface area contributed by atoms with Gasteiger partial charge in [-0.25, -0.2) is 0 Å². The Balaban J connectivity index is 2.33. The zero-order valence-corrected chi connectivity index (χ0v) is 9.53. The lowest BCUT2D eigenvalue weighted by Crippen LogP contribution is -2.48. The minimum absolute atomic E-state index is 0.240. The minimum Gasteiger partial charge on any atom is -0.381 e. The van der Waals surface area contributed by atoms with Gasteiger partial charge in [0.05, 0.1) is 12.6 Å². The summed E-state index contributed by atoms with van der Waals surface area (Å²) in [5.41, 5.74) is 5.36. The van der Waals surface area contributed by atoms with E-state index in [0.717, 1.165) is 26.1 Å². The normalized spacial score (nSPS) is 23.3. The first kappa shape index (κ1) is 12.4. The van der Waals surface area contributed by atoms with Crippen molar-refractivity contribution >= 4 is 5.91 Å². The first-order valence-corrected chi connectivity index (χ1v) is 5.36. The average Bonchev–Trinajstić information content (AvgIpc) is 2.63. The Kier molecular flexibility index (Phi) is 5.01. The van der Waals surface area contributed by atoms with Crippen molar-refractivity contribution in [1.82, 2.24) is 10.2 Å². The van der Waals surface area contributed by atoms with Crippen molar-refractivity contribution in [3.8, 4) is 0 Å². The lowest BCUT2D eigenvalue weighted by molar-refractivity contribution is -0.121. The molecule has 15 heavy (non-hydrogen) atoms. The SMILES string of the molecule is CN(C)CCNC(C(N)=O)C1CCOC1. The Morgan fingerprint density at radius 2 is 2.40 bits per heavy atom. The van der Waals surface area contributed by atoms with Gasteiger partial charge in [-0.2, -0.15) is 0 Å². The van der Waals surface area contributed by atoms with Gasteiger partial charge in [-0.05, 0) is 20.5 Å². The molecular formula is C10H21N3O2. The molecule has 1 saturated heterocycles. The average molecular weight is 215 g/mol. The standard InChI is InChI=1S/C10H21N3O2/c1-13(2)5-4-12-9(10(11)14)8-3-6-15-7-8/h8-9,12H,3-7H2,1-2H3,(H2,11,14). The van der Waals surface area contributed by atoms with E-state index in [9.17, 15) is 4.79 Å². The van der Waals surface area contributed by atoms with E-state index in [1.54, 1.807) is 0 Å². The number of nitrogens with zero attached hydrogens (tertiary/aromatic N) is 1. The van der Waals surface area contributed by atoms with Gasteiger partial charge in [0.25, 0.3) is 0 Å². The predicted molar refractivity (Wildman–Crippen MR) is 58.5 cm³/mol. The molecule has 0 aliphatic carbocycles. The molecule has 1 rings (SSSR count). The third-order valence-electron chi connectivity index (χ3n) is 2.67. The van der Waals surface area contributed by atoms with E-state index in [0.29, 0.717) is 6.61 Å². The summed E-state index contributed by atoms with van der Waals surface area (Å²) in [5.74, 6) is -0.0334. The second-order valence-corrected chi connectivity index (χ2v) is 4.26. The van der Waals surface area contributed by atoms with Crippen LogP contribution in [-0.4, -0.2) is 57.2 Å². The van der Waals surface area contributed by atoms with Gasteiger partial charge in [-0.1, -0.05) is 0 Å². The Labute approximate surface area is 90.9 Å². The molecule has 0 spiro atoms. The number of hydrogen-bond donors (Lipinski definition) is 2. The number of primary amides is 1. The largest absolute Gasteiger partial charge is 0.381 e. The molecule has 5 nitrogen and oxygen atoms in total. The van der Waals surface area contributed by atoms with E-state index in [4.69, 9.17) is 10.5 Å². The molecule has 0 aromatic rings. The third kappa shape index (κ3) is 4.15. The van der Waals surface area contributed by atoms with Crippen molar-refractivity contribution in [2.24, 2.45) is 11.7 Å². The van der Waals surface area contributed by atoms with Crippen LogP contribution in [0.1, 0.15) is 6.42 Å². The van der Waals surface area contributed by atoms with E-state index >= 15 is 0 Å². The van der Waals surface area contributed by atoms with Crippen LogP contribution in [0, 0.1) is 5.92 Å². The fraction of sp³-hybridized carbons (Fsp3) is 0.900. The van der Waals surface area contributed by atoms with Gasteiger partial charge in [0, 0.05) is 25.6 Å². The topological polar surface area (TPSA) is 67.6 Å². The number of nitrogens with two attached hydrogens (primary N) is 1. The van der Waals surface area contributed by atoms with E-state index < -0.39 is 0 Å². The number of carbonyl (C=O) groups is 1. The zero-order chi connectivity index (χ0) is 11.3. The van der Waals surface area contributed by atoms with Gasteiger partial charge in [0.2, 0.25) is 5.91 Å². The maximum atomic E-state index is 11.3. The highest BCUT2D eigenvalue weighted by Gasteiger charge is 2.29. The summed E-state index contributed by atoms with van der Waals surface area (Å²) in [6, 6.07) is -0.243. The number of hydrogen-bond acceptors (Lipinski definition) is 4. The van der Waals surface area contributed by atoms with Gasteiger partial charge < -0.3 is 20.7 Å². The van der Waals surface area contributed by atoms with Crippen molar-refractivity contribution in [2.75, 3.05) is 40.4 Å². The molecule has 3 N–H and O–H groups in total. The van der Waals surface area contributed by atoms with Crippen molar-refractivity contribution in [1.29, 1.82) is 0 Å². The fourth-order valence-electron chi connectivity index (χ4n) is 1.76. The first-order valence-electron chi connectivity index (χ1n) is 5.36. The Morgan fingerprint density at radius 1 is 1.67 bits per heavy atom. The van der Waals surface area contributed by atoms with Crippen LogP contribution < -0.4 is 11.1 Å². The summed E-state index contributed by atoms with van der Waals surface area (Å²) in [5, 5.41) is 3.20. The van der Waals surface area contributed by atoms with E-state index in [1.807, 2.05) is 14.1 Å². The van der Waals surface area contributed by atoms with Gasteiger partial charge in [0.15, 0.2) is 0 Å². The Hall–Kier alpha value is -0.650. The summed E-state index contributed by atoms with van der Waals surface area (Å²) in [7, 11) is 4.00. The van der Waals surface area contributed by atoms with Crippen molar-refractivity contribution in [2.45, 2.75) is 12.5 Å². The molecule has 0 saturated carbocycles. The monoisotopic (exact) mass is 215 g/mol. The molecule has 2 unspecified atom stereocenters. The lowest BCUT2D eigenvalue weighted by Gasteiger charge is -2.21. The van der Waals surface area contributed by atoms with Gasteiger partial charge >= 0.3 is 0 Å². The highest BCUT2D eigenvalue weighted by atomic mass is 16.5. The second kappa shape index (κ2) is 6.05. The molecule has 88 valence electrons. The van der Waals surface area contributed by atoms with Crippen LogP contribution in [0.2, 0.25) is 0 Å². The number of carbonyl (C=O) groups excluding carboxylic acids is 1. The van der Waals surface area contributed by atoms with E-state index in [2.05, 4.69) is 10.2 Å². The summed E-state index contributed by atoms with van der Waals surface area (Å²) in [6.45, 7) is 3.06. The van der Waals surface area contributed by atoms with Gasteiger partial charge in [-0.3, -0.25) is 4.79 Å². The Bertz CT molecular complexity index is 203. The zero-order valence-electron chi connectivity index (χ0n) is 9.53. The summed E-state index contributed by atoms with van der Waals surface area (Å²) in [6.07, 6.45) is 0.919. The van der Waals surface area contributed by atoms with Crippen LogP contribution in [0.4, 0.5) is 0 Å². The molecule has 2 atom stereocenters. The highest BCUT2D eigenvalue weighted by molar-refractivity contribution is 5.80. The van der Waals surface area contributed by atoms with E-state index in [-0.39, 0.29) is 17.9 Å². The van der Waals surface area contributed by atoms with Crippen LogP contribution in [0.5, 0.6) is 0 Å². The minimum atomic E-state index is -0.274. The number of likely N-dealkylation sites (N-methyl/N-ethyl adjacent to an activating group) is 1. The smallest absolute Gasteiger partial charge is 0.234 e. The van der Waals surface area contributed by atoms with Crippen LogP contribution in [-0.2, 0) is 9.53 Å². The third-order valence-corrected chi connectivity index (χ3v) is 2.67. The molecule has 0 aromatic heterocycles. The molecule has 1 fully saturated rings. The second-order valence-electron chi connectivity index (χ2n) is 4.26. The maximum absolute atomic E-state index is 11.3. The number of nitrogens with one attached hydrogen (secondary N) is 1. The van der Waals surface area contributed by atoms with Crippen molar-refractivity contribution in [3.05, 3.63) is 0 Å². The molecule has 1 aliphatic heterocycles. The molecule has 0 bridgehead atoms. The molecule has 1 amide bonds. The molecule has 0 aromatic carbocycles. The van der Waals surface area contributed by atoms with Crippen molar-refractivity contribution < 1.29 is 9.53 Å². The quantitative estimate of drug-likeness (QED) is 0.598. The van der Waals surface area contributed by atoms with E-state index in [1.165, 1.54) is 0 Å². The fourth-order valence-corrected chi connectivity index (χ4v) is 1.76. The number of ether oxygens (including phenoxy) is 1. The molecule has 0 radical (unpaired) electrons. The predicted octanol–water partition coefficient (Wildman–Crippen LogP) is -0.972. The molecule has 5 heteroatoms. The number of rotatable bonds is 6. The van der Waals surface area contributed by atoms with Crippen LogP contribution in [0.25, 0.3) is 0 Å². The number of amides is 1. The van der Waals surface area contributed by atoms with Crippen LogP contribution >= 0.6 is 0 Å². The Morgan fingerprint density at radius 3 is 2.87 bits per heavy atom.